The molecule has 3 heterocycles. The molecular weight excluding hydrogens is 392 g/mol. The van der Waals surface area contributed by atoms with Gasteiger partial charge in [0.1, 0.15) is 17.3 Å². The topological polar surface area (TPSA) is 77.7 Å². The van der Waals surface area contributed by atoms with Gasteiger partial charge in [-0.15, -0.1) is 0 Å². The molecule has 7 heteroatoms. The Kier molecular flexibility index (Phi) is 4.51. The molecule has 0 radical (unpaired) electrons. The van der Waals surface area contributed by atoms with Crippen molar-refractivity contribution in [2.75, 3.05) is 27.2 Å². The number of H-pyrrole nitrogens is 1. The summed E-state index contributed by atoms with van der Waals surface area (Å²) in [5.74, 6) is 0.624. The molecule has 31 heavy (non-hydrogen) atoms. The van der Waals surface area contributed by atoms with Crippen molar-refractivity contribution in [3.63, 3.8) is 0 Å². The molecule has 2 N–H and O–H groups in total. The van der Waals surface area contributed by atoms with Gasteiger partial charge in [0.25, 0.3) is 5.91 Å². The van der Waals surface area contributed by atoms with Crippen LogP contribution >= 0.6 is 0 Å². The summed E-state index contributed by atoms with van der Waals surface area (Å²) in [4.78, 5) is 33.8. The second-order valence-corrected chi connectivity index (χ2v) is 8.41. The predicted molar refractivity (Wildman–Crippen MR) is 118 cm³/mol. The summed E-state index contributed by atoms with van der Waals surface area (Å²) in [5, 5.41) is 4.07. The minimum absolute atomic E-state index is 0.142. The highest BCUT2D eigenvalue weighted by Gasteiger charge is 2.59. The van der Waals surface area contributed by atoms with Crippen LogP contribution in [0.2, 0.25) is 0 Å². The van der Waals surface area contributed by atoms with Crippen molar-refractivity contribution >= 4 is 22.8 Å². The molecule has 0 unspecified atom stereocenters. The number of amides is 3. The van der Waals surface area contributed by atoms with Crippen molar-refractivity contribution < 1.29 is 14.3 Å². The molecule has 0 spiro atoms. The number of ether oxygens (including phenoxy) is 1. The quantitative estimate of drug-likeness (QED) is 0.625. The molecule has 7 nitrogen and oxygen atoms in total. The lowest BCUT2D eigenvalue weighted by Crippen LogP contribution is -2.53. The van der Waals surface area contributed by atoms with E-state index in [-0.39, 0.29) is 18.0 Å². The maximum absolute atomic E-state index is 13.5. The maximum Gasteiger partial charge on any atom is 0.328 e. The number of aromatic nitrogens is 1. The van der Waals surface area contributed by atoms with Crippen LogP contribution in [0, 0.1) is 0 Å². The number of carbonyl (C=O) groups is 2. The largest absolute Gasteiger partial charge is 0.497 e. The minimum Gasteiger partial charge on any atom is -0.497 e. The fourth-order valence-electron chi connectivity index (χ4n) is 5.02. The molecule has 3 aromatic rings. The standard InChI is InChI=1S/C24H26N4O3/c1-24-14-18-17-13-16(31-3)9-10-19(17)26-20(18)21(15-7-5-4-6-8-15)28(24)23(30)27(22(24)29)12-11-25-2/h4-10,13,21,25-26H,11-12,14H2,1-3H3/t21-,24+/m1/s1. The highest BCUT2D eigenvalue weighted by Crippen LogP contribution is 2.48. The molecule has 2 aromatic carbocycles. The molecule has 2 aliphatic rings. The molecular formula is C24H26N4O3. The Labute approximate surface area is 181 Å². The maximum atomic E-state index is 13.5. The van der Waals surface area contributed by atoms with E-state index >= 15 is 0 Å². The van der Waals surface area contributed by atoms with Crippen LogP contribution in [-0.2, 0) is 11.2 Å². The molecule has 1 aromatic heterocycles. The number of nitrogens with one attached hydrogen (secondary N) is 2. The van der Waals surface area contributed by atoms with Crippen molar-refractivity contribution in [1.29, 1.82) is 0 Å². The fraction of sp³-hybridized carbons (Fsp3) is 0.333. The number of carbonyl (C=O) groups excluding carboxylic acids is 2. The summed E-state index contributed by atoms with van der Waals surface area (Å²) in [7, 11) is 3.46. The van der Waals surface area contributed by atoms with E-state index in [0.717, 1.165) is 33.5 Å². The molecule has 0 saturated carbocycles. The van der Waals surface area contributed by atoms with E-state index in [1.807, 2.05) is 62.5 Å². The van der Waals surface area contributed by atoms with E-state index in [2.05, 4.69) is 10.3 Å². The van der Waals surface area contributed by atoms with E-state index in [0.29, 0.717) is 19.5 Å². The third-order valence-electron chi connectivity index (χ3n) is 6.57. The van der Waals surface area contributed by atoms with E-state index in [1.165, 1.54) is 4.90 Å². The number of methoxy groups -OCH3 is 1. The van der Waals surface area contributed by atoms with Crippen LogP contribution in [0.5, 0.6) is 5.75 Å². The number of likely N-dealkylation sites (N-methyl/N-ethyl adjacent to an activating group) is 1. The smallest absolute Gasteiger partial charge is 0.328 e. The van der Waals surface area contributed by atoms with Gasteiger partial charge in [-0.25, -0.2) is 4.79 Å². The Bertz CT molecular complexity index is 1170. The lowest BCUT2D eigenvalue weighted by Gasteiger charge is -2.42. The zero-order valence-corrected chi connectivity index (χ0v) is 17.9. The predicted octanol–water partition coefficient (Wildman–Crippen LogP) is 3.06. The minimum atomic E-state index is -0.948. The molecule has 0 aliphatic carbocycles. The normalized spacial score (nSPS) is 22.7. The zero-order chi connectivity index (χ0) is 21.8. The van der Waals surface area contributed by atoms with Gasteiger partial charge in [-0.1, -0.05) is 30.3 Å². The third-order valence-corrected chi connectivity index (χ3v) is 6.57. The highest BCUT2D eigenvalue weighted by molar-refractivity contribution is 6.08. The summed E-state index contributed by atoms with van der Waals surface area (Å²) in [6, 6.07) is 15.2. The summed E-state index contributed by atoms with van der Waals surface area (Å²) >= 11 is 0. The zero-order valence-electron chi connectivity index (χ0n) is 17.9. The van der Waals surface area contributed by atoms with Crippen molar-refractivity contribution in [1.82, 2.24) is 20.1 Å². The molecule has 1 saturated heterocycles. The van der Waals surface area contributed by atoms with Gasteiger partial charge in [-0.3, -0.25) is 14.6 Å². The average Bonchev–Trinajstić information content (AvgIpc) is 3.23. The number of hydrogen-bond donors (Lipinski definition) is 2. The van der Waals surface area contributed by atoms with Gasteiger partial charge in [-0.05, 0) is 43.3 Å². The molecule has 3 amide bonds. The number of benzene rings is 2. The Balaban J connectivity index is 1.73. The van der Waals surface area contributed by atoms with Crippen LogP contribution in [0.25, 0.3) is 10.9 Å². The Hall–Kier alpha value is -3.32. The van der Waals surface area contributed by atoms with E-state index < -0.39 is 5.54 Å². The van der Waals surface area contributed by atoms with Crippen molar-refractivity contribution in [3.05, 3.63) is 65.4 Å². The molecule has 5 rings (SSSR count). The molecule has 0 bridgehead atoms. The van der Waals surface area contributed by atoms with Gasteiger partial charge in [-0.2, -0.15) is 0 Å². The van der Waals surface area contributed by atoms with Gasteiger partial charge in [0.15, 0.2) is 0 Å². The van der Waals surface area contributed by atoms with E-state index in [4.69, 9.17) is 4.74 Å². The average molecular weight is 418 g/mol. The van der Waals surface area contributed by atoms with Crippen molar-refractivity contribution in [2.24, 2.45) is 0 Å². The number of imide groups is 1. The number of nitrogens with zero attached hydrogens (tertiary/aromatic N) is 2. The first-order valence-electron chi connectivity index (χ1n) is 10.5. The van der Waals surface area contributed by atoms with E-state index in [9.17, 15) is 9.59 Å². The van der Waals surface area contributed by atoms with Crippen LogP contribution in [0.4, 0.5) is 4.79 Å². The lowest BCUT2D eigenvalue weighted by molar-refractivity contribution is -0.133. The first kappa shape index (κ1) is 19.6. The van der Waals surface area contributed by atoms with Gasteiger partial charge in [0.05, 0.1) is 7.11 Å². The van der Waals surface area contributed by atoms with E-state index in [1.54, 1.807) is 12.0 Å². The number of urea groups is 1. The highest BCUT2D eigenvalue weighted by atomic mass is 16.5. The summed E-state index contributed by atoms with van der Waals surface area (Å²) in [6.45, 7) is 2.80. The van der Waals surface area contributed by atoms with Gasteiger partial charge < -0.3 is 15.0 Å². The van der Waals surface area contributed by atoms with Crippen molar-refractivity contribution in [3.8, 4) is 5.75 Å². The van der Waals surface area contributed by atoms with Crippen LogP contribution in [0.15, 0.2) is 48.5 Å². The Morgan fingerprint density at radius 3 is 2.68 bits per heavy atom. The Morgan fingerprint density at radius 1 is 1.19 bits per heavy atom. The Morgan fingerprint density at radius 2 is 1.97 bits per heavy atom. The molecule has 160 valence electrons. The van der Waals surface area contributed by atoms with Crippen LogP contribution in [-0.4, -0.2) is 59.5 Å². The lowest BCUT2D eigenvalue weighted by atomic mass is 9.81. The molecule has 1 fully saturated rings. The monoisotopic (exact) mass is 418 g/mol. The van der Waals surface area contributed by atoms with Gasteiger partial charge in [0.2, 0.25) is 0 Å². The molecule has 2 atom stereocenters. The second-order valence-electron chi connectivity index (χ2n) is 8.41. The number of fused-ring (bicyclic) bond motifs is 4. The first-order valence-corrected chi connectivity index (χ1v) is 10.5. The second kappa shape index (κ2) is 7.13. The van der Waals surface area contributed by atoms with Crippen LogP contribution in [0.3, 0.4) is 0 Å². The van der Waals surface area contributed by atoms with Crippen LogP contribution < -0.4 is 10.1 Å². The number of aromatic amines is 1. The van der Waals surface area contributed by atoms with Gasteiger partial charge >= 0.3 is 6.03 Å². The summed E-state index contributed by atoms with van der Waals surface area (Å²) < 4.78 is 5.44. The SMILES string of the molecule is CNCCN1C(=O)N2[C@H](c3ccccc3)c3[nH]c4ccc(OC)cc4c3C[C@@]2(C)C1=O. The number of rotatable bonds is 5. The summed E-state index contributed by atoms with van der Waals surface area (Å²) in [6.07, 6.45) is 0.458. The van der Waals surface area contributed by atoms with Crippen molar-refractivity contribution in [2.45, 2.75) is 24.9 Å². The van der Waals surface area contributed by atoms with Crippen LogP contribution in [0.1, 0.15) is 29.8 Å². The molecule has 2 aliphatic heterocycles. The first-order chi connectivity index (χ1) is 15.0. The fourth-order valence-corrected chi connectivity index (χ4v) is 5.02. The van der Waals surface area contributed by atoms with Gasteiger partial charge in [0, 0.05) is 36.1 Å². The summed E-state index contributed by atoms with van der Waals surface area (Å²) in [5.41, 5.74) is 3.03. The number of hydrogen-bond acceptors (Lipinski definition) is 4. The third kappa shape index (κ3) is 2.76.